The van der Waals surface area contributed by atoms with Crippen LogP contribution in [0.25, 0.3) is 0 Å². The number of nitrogens with one attached hydrogen (secondary N) is 1. The molecule has 1 aliphatic heterocycles. The number of halogens is 1. The van der Waals surface area contributed by atoms with Gasteiger partial charge in [-0.2, -0.15) is 0 Å². The molecule has 2 unspecified atom stereocenters. The molecule has 3 nitrogen and oxygen atoms in total. The molecule has 2 rings (SSSR count). The van der Waals surface area contributed by atoms with Gasteiger partial charge in [-0.3, -0.25) is 10.1 Å². The van der Waals surface area contributed by atoms with Crippen LogP contribution in [0.15, 0.2) is 28.7 Å². The first-order valence-corrected chi connectivity index (χ1v) is 7.68. The van der Waals surface area contributed by atoms with E-state index in [0.717, 1.165) is 30.4 Å². The molecule has 0 aliphatic carbocycles. The van der Waals surface area contributed by atoms with Crippen molar-refractivity contribution in [3.63, 3.8) is 0 Å². The van der Waals surface area contributed by atoms with E-state index >= 15 is 0 Å². The predicted molar refractivity (Wildman–Crippen MR) is 81.0 cm³/mol. The van der Waals surface area contributed by atoms with Crippen molar-refractivity contribution in [2.75, 3.05) is 13.1 Å². The predicted octanol–water partition coefficient (Wildman–Crippen LogP) is 3.11. The Morgan fingerprint density at radius 2 is 1.89 bits per heavy atom. The van der Waals surface area contributed by atoms with Crippen molar-refractivity contribution in [3.8, 4) is 0 Å². The average molecular weight is 325 g/mol. The number of benzene rings is 1. The van der Waals surface area contributed by atoms with Crippen LogP contribution >= 0.6 is 15.9 Å². The van der Waals surface area contributed by atoms with Crippen molar-refractivity contribution >= 4 is 21.8 Å². The fourth-order valence-electron chi connectivity index (χ4n) is 2.57. The molecule has 1 heterocycles. The highest BCUT2D eigenvalue weighted by Crippen LogP contribution is 2.23. The quantitative estimate of drug-likeness (QED) is 0.922. The standard InChI is InChI=1S/C15H21BrN2O/c1-11(13-7-3-4-8-14(13)16)17-12(2)15(19)18-9-5-6-10-18/h3-4,7-8,11-12,17H,5-6,9-10H2,1-2H3. The molecule has 0 radical (unpaired) electrons. The van der Waals surface area contributed by atoms with Gasteiger partial charge < -0.3 is 4.90 Å². The number of carbonyl (C=O) groups is 1. The summed E-state index contributed by atoms with van der Waals surface area (Å²) in [5, 5.41) is 3.39. The van der Waals surface area contributed by atoms with Gasteiger partial charge in [0.25, 0.3) is 0 Å². The number of carbonyl (C=O) groups excluding carboxylic acids is 1. The molecule has 1 aromatic rings. The zero-order valence-electron chi connectivity index (χ0n) is 11.5. The maximum atomic E-state index is 12.2. The first-order valence-electron chi connectivity index (χ1n) is 6.89. The Bertz CT molecular complexity index is 444. The van der Waals surface area contributed by atoms with Crippen molar-refractivity contribution in [3.05, 3.63) is 34.3 Å². The van der Waals surface area contributed by atoms with Crippen LogP contribution in [0, 0.1) is 0 Å². The largest absolute Gasteiger partial charge is 0.341 e. The summed E-state index contributed by atoms with van der Waals surface area (Å²) < 4.78 is 1.08. The van der Waals surface area contributed by atoms with E-state index in [4.69, 9.17) is 0 Å². The summed E-state index contributed by atoms with van der Waals surface area (Å²) in [4.78, 5) is 14.2. The van der Waals surface area contributed by atoms with Crippen LogP contribution in [0.5, 0.6) is 0 Å². The first kappa shape index (κ1) is 14.5. The third-order valence-electron chi connectivity index (χ3n) is 3.66. The van der Waals surface area contributed by atoms with Crippen molar-refractivity contribution in [2.24, 2.45) is 0 Å². The van der Waals surface area contributed by atoms with Crippen molar-refractivity contribution < 1.29 is 4.79 Å². The zero-order chi connectivity index (χ0) is 13.8. The van der Waals surface area contributed by atoms with Crippen molar-refractivity contribution in [1.29, 1.82) is 0 Å². The summed E-state index contributed by atoms with van der Waals surface area (Å²) in [6.45, 7) is 5.87. The Morgan fingerprint density at radius 3 is 2.53 bits per heavy atom. The van der Waals surface area contributed by atoms with Crippen molar-refractivity contribution in [2.45, 2.75) is 38.8 Å². The topological polar surface area (TPSA) is 32.3 Å². The second kappa shape index (κ2) is 6.53. The molecule has 1 N–H and O–H groups in total. The Labute approximate surface area is 123 Å². The SMILES string of the molecule is CC(NC(C)c1ccccc1Br)C(=O)N1CCCC1. The van der Waals surface area contributed by atoms with Gasteiger partial charge in [0.15, 0.2) is 0 Å². The molecule has 0 spiro atoms. The Balaban J connectivity index is 1.96. The number of hydrogen-bond acceptors (Lipinski definition) is 2. The van der Waals surface area contributed by atoms with Gasteiger partial charge in [-0.1, -0.05) is 34.1 Å². The fraction of sp³-hybridized carbons (Fsp3) is 0.533. The van der Waals surface area contributed by atoms with Crippen LogP contribution in [-0.4, -0.2) is 29.9 Å². The highest BCUT2D eigenvalue weighted by atomic mass is 79.9. The maximum absolute atomic E-state index is 12.2. The molecule has 4 heteroatoms. The number of likely N-dealkylation sites (tertiary alicyclic amines) is 1. The summed E-state index contributed by atoms with van der Waals surface area (Å²) in [5.41, 5.74) is 1.18. The van der Waals surface area contributed by atoms with Gasteiger partial charge in [0.2, 0.25) is 5.91 Å². The zero-order valence-corrected chi connectivity index (χ0v) is 13.1. The van der Waals surface area contributed by atoms with E-state index in [2.05, 4.69) is 34.2 Å². The van der Waals surface area contributed by atoms with Gasteiger partial charge in [-0.25, -0.2) is 0 Å². The second-order valence-electron chi connectivity index (χ2n) is 5.16. The maximum Gasteiger partial charge on any atom is 0.239 e. The molecule has 2 atom stereocenters. The number of rotatable bonds is 4. The van der Waals surface area contributed by atoms with Crippen molar-refractivity contribution in [1.82, 2.24) is 10.2 Å². The van der Waals surface area contributed by atoms with Gasteiger partial charge >= 0.3 is 0 Å². The lowest BCUT2D eigenvalue weighted by atomic mass is 10.1. The lowest BCUT2D eigenvalue weighted by Crippen LogP contribution is -2.44. The molecule has 0 saturated carbocycles. The molecule has 1 amide bonds. The third-order valence-corrected chi connectivity index (χ3v) is 4.38. The summed E-state index contributed by atoms with van der Waals surface area (Å²) in [7, 11) is 0. The van der Waals surface area contributed by atoms with Gasteiger partial charge in [0.05, 0.1) is 6.04 Å². The number of amides is 1. The van der Waals surface area contributed by atoms with E-state index in [1.165, 1.54) is 5.56 Å². The summed E-state index contributed by atoms with van der Waals surface area (Å²) in [6, 6.07) is 8.14. The smallest absolute Gasteiger partial charge is 0.239 e. The number of nitrogens with zero attached hydrogens (tertiary/aromatic N) is 1. The summed E-state index contributed by atoms with van der Waals surface area (Å²) in [5.74, 6) is 0.219. The molecular formula is C15H21BrN2O. The van der Waals surface area contributed by atoms with Crippen LogP contribution in [0.3, 0.4) is 0 Å². The Kier molecular flexibility index (Phi) is 4.99. The van der Waals surface area contributed by atoms with Crippen LogP contribution in [-0.2, 0) is 4.79 Å². The first-order chi connectivity index (χ1) is 9.09. The van der Waals surface area contributed by atoms with Crippen LogP contribution in [0.2, 0.25) is 0 Å². The molecular weight excluding hydrogens is 304 g/mol. The van der Waals surface area contributed by atoms with E-state index in [0.29, 0.717) is 0 Å². The lowest BCUT2D eigenvalue weighted by Gasteiger charge is -2.25. The highest BCUT2D eigenvalue weighted by molar-refractivity contribution is 9.10. The molecule has 1 aliphatic rings. The lowest BCUT2D eigenvalue weighted by molar-refractivity contribution is -0.132. The van der Waals surface area contributed by atoms with E-state index in [1.54, 1.807) is 0 Å². The van der Waals surface area contributed by atoms with Crippen LogP contribution in [0.1, 0.15) is 38.3 Å². The molecule has 1 fully saturated rings. The molecule has 104 valence electrons. The normalized spacial score (nSPS) is 18.4. The van der Waals surface area contributed by atoms with Gasteiger partial charge in [0, 0.05) is 23.6 Å². The second-order valence-corrected chi connectivity index (χ2v) is 6.02. The monoisotopic (exact) mass is 324 g/mol. The Morgan fingerprint density at radius 1 is 1.26 bits per heavy atom. The van der Waals surface area contributed by atoms with Crippen LogP contribution < -0.4 is 5.32 Å². The fourth-order valence-corrected chi connectivity index (χ4v) is 3.20. The van der Waals surface area contributed by atoms with E-state index in [9.17, 15) is 4.79 Å². The Hall–Kier alpha value is -0.870. The molecule has 1 saturated heterocycles. The molecule has 1 aromatic carbocycles. The van der Waals surface area contributed by atoms with Crippen LogP contribution in [0.4, 0.5) is 0 Å². The summed E-state index contributed by atoms with van der Waals surface area (Å²) >= 11 is 3.55. The van der Waals surface area contributed by atoms with E-state index < -0.39 is 0 Å². The highest BCUT2D eigenvalue weighted by Gasteiger charge is 2.24. The number of hydrogen-bond donors (Lipinski definition) is 1. The minimum absolute atomic E-state index is 0.139. The minimum Gasteiger partial charge on any atom is -0.341 e. The molecule has 19 heavy (non-hydrogen) atoms. The van der Waals surface area contributed by atoms with Gasteiger partial charge in [-0.05, 0) is 38.3 Å². The van der Waals surface area contributed by atoms with E-state index in [-0.39, 0.29) is 18.0 Å². The van der Waals surface area contributed by atoms with Gasteiger partial charge in [-0.15, -0.1) is 0 Å². The third kappa shape index (κ3) is 3.57. The molecule has 0 bridgehead atoms. The minimum atomic E-state index is -0.139. The molecule has 0 aromatic heterocycles. The average Bonchev–Trinajstić information content (AvgIpc) is 2.92. The van der Waals surface area contributed by atoms with E-state index in [1.807, 2.05) is 30.0 Å². The van der Waals surface area contributed by atoms with Gasteiger partial charge in [0.1, 0.15) is 0 Å². The summed E-state index contributed by atoms with van der Waals surface area (Å²) in [6.07, 6.45) is 2.27.